The predicted molar refractivity (Wildman–Crippen MR) is 106 cm³/mol. The van der Waals surface area contributed by atoms with Gasteiger partial charge in [0, 0.05) is 31.5 Å². The lowest BCUT2D eigenvalue weighted by Crippen LogP contribution is -2.45. The van der Waals surface area contributed by atoms with E-state index in [1.807, 2.05) is 0 Å². The first-order valence-electron chi connectivity index (χ1n) is 9.31. The van der Waals surface area contributed by atoms with Crippen molar-refractivity contribution in [2.24, 2.45) is 0 Å². The van der Waals surface area contributed by atoms with E-state index >= 15 is 0 Å². The van der Waals surface area contributed by atoms with Gasteiger partial charge in [-0.25, -0.2) is 19.3 Å². The Morgan fingerprint density at radius 2 is 2.03 bits per heavy atom. The summed E-state index contributed by atoms with van der Waals surface area (Å²) >= 11 is 0. The van der Waals surface area contributed by atoms with Crippen LogP contribution < -0.4 is 25.4 Å². The summed E-state index contributed by atoms with van der Waals surface area (Å²) < 4.78 is 12.1. The fraction of sp³-hybridized carbons (Fsp3) is 0.368. The van der Waals surface area contributed by atoms with Crippen LogP contribution in [-0.4, -0.2) is 58.8 Å². The van der Waals surface area contributed by atoms with Crippen LogP contribution in [0.5, 0.6) is 11.5 Å². The molecule has 1 aliphatic rings. The molecule has 1 amide bonds. The Morgan fingerprint density at radius 1 is 1.24 bits per heavy atom. The number of ether oxygens (including phenoxy) is 2. The lowest BCUT2D eigenvalue weighted by molar-refractivity contribution is 0.0927. The number of fused-ring (bicyclic) bond motifs is 1. The van der Waals surface area contributed by atoms with Gasteiger partial charge in [-0.15, -0.1) is 5.10 Å². The first kappa shape index (κ1) is 18.8. The Hall–Kier alpha value is -3.56. The van der Waals surface area contributed by atoms with Gasteiger partial charge < -0.3 is 19.7 Å². The van der Waals surface area contributed by atoms with Gasteiger partial charge in [0.05, 0.1) is 19.8 Å². The Balaban J connectivity index is 1.44. The van der Waals surface area contributed by atoms with Crippen LogP contribution in [0.1, 0.15) is 23.2 Å². The van der Waals surface area contributed by atoms with E-state index in [1.54, 1.807) is 30.6 Å². The molecule has 29 heavy (non-hydrogen) atoms. The number of piperidine rings is 1. The lowest BCUT2D eigenvalue weighted by Gasteiger charge is -2.33. The maximum atomic E-state index is 12.8. The molecule has 10 heteroatoms. The van der Waals surface area contributed by atoms with Crippen LogP contribution >= 0.6 is 0 Å². The molecule has 2 N–H and O–H groups in total. The molecular formula is C19H22N6O4. The highest BCUT2D eigenvalue weighted by Gasteiger charge is 2.25. The zero-order chi connectivity index (χ0) is 20.4. The Labute approximate surface area is 166 Å². The molecule has 0 saturated carbocycles. The maximum Gasteiger partial charge on any atom is 0.347 e. The minimum absolute atomic E-state index is 0.0239. The summed E-state index contributed by atoms with van der Waals surface area (Å²) in [5.41, 5.74) is 0.649. The zero-order valence-corrected chi connectivity index (χ0v) is 16.2. The Morgan fingerprint density at radius 3 is 2.76 bits per heavy atom. The summed E-state index contributed by atoms with van der Waals surface area (Å²) in [7, 11) is 3.05. The fourth-order valence-electron chi connectivity index (χ4n) is 3.62. The lowest BCUT2D eigenvalue weighted by atomic mass is 10.0. The van der Waals surface area contributed by atoms with Crippen molar-refractivity contribution in [3.8, 4) is 11.5 Å². The van der Waals surface area contributed by atoms with E-state index in [4.69, 9.17) is 9.47 Å². The van der Waals surface area contributed by atoms with Crippen LogP contribution in [0.25, 0.3) is 5.65 Å². The third kappa shape index (κ3) is 3.48. The number of hydrogen-bond donors (Lipinski definition) is 2. The molecule has 0 radical (unpaired) electrons. The van der Waals surface area contributed by atoms with E-state index < -0.39 is 0 Å². The summed E-state index contributed by atoms with van der Waals surface area (Å²) in [5.74, 6) is 1.40. The molecule has 1 fully saturated rings. The van der Waals surface area contributed by atoms with Crippen molar-refractivity contribution in [2.75, 3.05) is 32.2 Å². The molecule has 1 saturated heterocycles. The van der Waals surface area contributed by atoms with Gasteiger partial charge in [-0.05, 0) is 25.0 Å². The number of aromatic amines is 1. The van der Waals surface area contributed by atoms with Crippen molar-refractivity contribution in [3.05, 3.63) is 46.6 Å². The molecule has 152 valence electrons. The minimum atomic E-state index is -0.293. The summed E-state index contributed by atoms with van der Waals surface area (Å²) in [6.07, 6.45) is 4.66. The number of aromatic nitrogens is 4. The molecule has 3 heterocycles. The number of anilines is 1. The third-order valence-electron chi connectivity index (χ3n) is 5.09. The van der Waals surface area contributed by atoms with Gasteiger partial charge in [0.2, 0.25) is 5.65 Å². The van der Waals surface area contributed by atoms with Crippen molar-refractivity contribution < 1.29 is 14.3 Å². The van der Waals surface area contributed by atoms with E-state index in [1.165, 1.54) is 18.6 Å². The molecule has 3 aromatic rings. The molecule has 1 aliphatic heterocycles. The summed E-state index contributed by atoms with van der Waals surface area (Å²) in [4.78, 5) is 31.0. The second-order valence-electron chi connectivity index (χ2n) is 6.75. The number of para-hydroxylation sites is 1. The number of nitrogens with one attached hydrogen (secondary N) is 2. The largest absolute Gasteiger partial charge is 0.493 e. The minimum Gasteiger partial charge on any atom is -0.493 e. The van der Waals surface area contributed by atoms with Gasteiger partial charge in [-0.1, -0.05) is 6.07 Å². The van der Waals surface area contributed by atoms with Crippen LogP contribution in [0, 0.1) is 0 Å². The van der Waals surface area contributed by atoms with Gasteiger partial charge in [-0.2, -0.15) is 0 Å². The van der Waals surface area contributed by atoms with E-state index in [-0.39, 0.29) is 17.6 Å². The van der Waals surface area contributed by atoms with Crippen LogP contribution in [-0.2, 0) is 0 Å². The molecule has 2 aromatic heterocycles. The van der Waals surface area contributed by atoms with E-state index in [0.29, 0.717) is 41.6 Å². The second kappa shape index (κ2) is 7.82. The van der Waals surface area contributed by atoms with Crippen LogP contribution in [0.3, 0.4) is 0 Å². The molecule has 0 unspecified atom stereocenters. The van der Waals surface area contributed by atoms with Crippen molar-refractivity contribution in [1.82, 2.24) is 24.9 Å². The number of hydrogen-bond acceptors (Lipinski definition) is 7. The maximum absolute atomic E-state index is 12.8. The number of carbonyl (C=O) groups excluding carboxylic acids is 1. The van der Waals surface area contributed by atoms with E-state index in [9.17, 15) is 9.59 Å². The molecule has 4 rings (SSSR count). The summed E-state index contributed by atoms with van der Waals surface area (Å²) in [6.45, 7) is 1.38. The topological polar surface area (TPSA) is 114 Å². The number of rotatable bonds is 5. The number of methoxy groups -OCH3 is 2. The van der Waals surface area contributed by atoms with Crippen molar-refractivity contribution in [2.45, 2.75) is 18.9 Å². The number of nitrogens with zero attached hydrogens (tertiary/aromatic N) is 4. The summed E-state index contributed by atoms with van der Waals surface area (Å²) in [6, 6.07) is 5.25. The van der Waals surface area contributed by atoms with Crippen molar-refractivity contribution >= 4 is 17.4 Å². The van der Waals surface area contributed by atoms with E-state index in [0.717, 1.165) is 12.8 Å². The number of benzene rings is 1. The molecular weight excluding hydrogens is 376 g/mol. The van der Waals surface area contributed by atoms with Crippen molar-refractivity contribution in [3.63, 3.8) is 0 Å². The van der Waals surface area contributed by atoms with Crippen LogP contribution in [0.15, 0.2) is 35.4 Å². The first-order valence-corrected chi connectivity index (χ1v) is 9.31. The molecule has 0 aliphatic carbocycles. The second-order valence-corrected chi connectivity index (χ2v) is 6.75. The Bertz CT molecular complexity index is 1080. The monoisotopic (exact) mass is 398 g/mol. The number of amides is 1. The highest BCUT2D eigenvalue weighted by Crippen LogP contribution is 2.31. The molecule has 0 atom stereocenters. The first-order chi connectivity index (χ1) is 14.1. The van der Waals surface area contributed by atoms with Gasteiger partial charge >= 0.3 is 5.69 Å². The van der Waals surface area contributed by atoms with Gasteiger partial charge in [0.15, 0.2) is 17.3 Å². The molecule has 0 spiro atoms. The smallest absolute Gasteiger partial charge is 0.347 e. The average Bonchev–Trinajstić information content (AvgIpc) is 3.14. The van der Waals surface area contributed by atoms with Gasteiger partial charge in [-0.3, -0.25) is 4.79 Å². The standard InChI is InChI=1S/C19H22N6O4/c1-28-14-5-3-4-13(15(14)29-2)18(26)21-12-6-9-24(10-7-12)16-17-22-23-19(27)25(17)11-8-20-16/h3-5,8,11-12H,6-7,9-10H2,1-2H3,(H,21,26)(H,23,27). The predicted octanol–water partition coefficient (Wildman–Crippen LogP) is 0.834. The average molecular weight is 398 g/mol. The van der Waals surface area contributed by atoms with Gasteiger partial charge in [0.25, 0.3) is 5.91 Å². The zero-order valence-electron chi connectivity index (χ0n) is 16.2. The molecule has 10 nitrogen and oxygen atoms in total. The fourth-order valence-corrected chi connectivity index (χ4v) is 3.62. The van der Waals surface area contributed by atoms with Crippen LogP contribution in [0.2, 0.25) is 0 Å². The highest BCUT2D eigenvalue weighted by molar-refractivity contribution is 5.98. The molecule has 0 bridgehead atoms. The number of H-pyrrole nitrogens is 1. The molecule has 1 aromatic carbocycles. The van der Waals surface area contributed by atoms with Crippen molar-refractivity contribution in [1.29, 1.82) is 0 Å². The SMILES string of the molecule is COc1cccc(C(=O)NC2CCN(c3nccn4c(=O)[nH]nc34)CC2)c1OC. The highest BCUT2D eigenvalue weighted by atomic mass is 16.5. The third-order valence-corrected chi connectivity index (χ3v) is 5.09. The normalized spacial score (nSPS) is 14.8. The van der Waals surface area contributed by atoms with Gasteiger partial charge in [0.1, 0.15) is 0 Å². The van der Waals surface area contributed by atoms with Crippen LogP contribution in [0.4, 0.5) is 5.82 Å². The summed E-state index contributed by atoms with van der Waals surface area (Å²) in [5, 5.41) is 9.58. The van der Waals surface area contributed by atoms with E-state index in [2.05, 4.69) is 25.4 Å². The quantitative estimate of drug-likeness (QED) is 0.654. The Kier molecular flexibility index (Phi) is 5.07. The number of carbonyl (C=O) groups is 1.